The van der Waals surface area contributed by atoms with Crippen LogP contribution in [0.2, 0.25) is 0 Å². The standard InChI is InChI=1S/C21H20FN3O2/c1-14(24-2)19-11-17(7-8-20(19)23)25-10-9-18(12-21(25)26)27-13-15-3-5-16(22)6-4-15/h3-12H,13,23H2,1-2H3. The van der Waals surface area contributed by atoms with Crippen molar-refractivity contribution >= 4 is 11.4 Å². The van der Waals surface area contributed by atoms with Crippen LogP contribution in [0.4, 0.5) is 10.1 Å². The second-order valence-electron chi connectivity index (χ2n) is 6.07. The third-order valence-corrected chi connectivity index (χ3v) is 4.25. The summed E-state index contributed by atoms with van der Waals surface area (Å²) in [6.45, 7) is 2.12. The van der Waals surface area contributed by atoms with Crippen molar-refractivity contribution in [3.05, 3.63) is 88.1 Å². The molecule has 0 atom stereocenters. The molecule has 5 nitrogen and oxygen atoms in total. The molecule has 1 aromatic heterocycles. The fraction of sp³-hybridized carbons (Fsp3) is 0.143. The lowest BCUT2D eigenvalue weighted by Crippen LogP contribution is -2.17. The van der Waals surface area contributed by atoms with E-state index >= 15 is 0 Å². The molecule has 0 amide bonds. The molecule has 2 N–H and O–H groups in total. The Bertz CT molecular complexity index is 1040. The maximum Gasteiger partial charge on any atom is 0.258 e. The molecule has 0 radical (unpaired) electrons. The van der Waals surface area contributed by atoms with Crippen LogP contribution in [-0.2, 0) is 6.61 Å². The molecule has 138 valence electrons. The Morgan fingerprint density at radius 2 is 1.89 bits per heavy atom. The summed E-state index contributed by atoms with van der Waals surface area (Å²) in [5, 5.41) is 0. The average molecular weight is 365 g/mol. The normalized spacial score (nSPS) is 11.4. The van der Waals surface area contributed by atoms with Gasteiger partial charge in [0.05, 0.1) is 0 Å². The zero-order valence-corrected chi connectivity index (χ0v) is 15.1. The maximum atomic E-state index is 12.9. The molecular weight excluding hydrogens is 345 g/mol. The minimum atomic E-state index is -0.299. The van der Waals surface area contributed by atoms with Gasteiger partial charge in [0.25, 0.3) is 5.56 Å². The summed E-state index contributed by atoms with van der Waals surface area (Å²) < 4.78 is 20.1. The van der Waals surface area contributed by atoms with Crippen LogP contribution in [0, 0.1) is 5.82 Å². The second kappa shape index (κ2) is 7.86. The van der Waals surface area contributed by atoms with Crippen LogP contribution in [0.25, 0.3) is 5.69 Å². The van der Waals surface area contributed by atoms with Crippen LogP contribution >= 0.6 is 0 Å². The van der Waals surface area contributed by atoms with Gasteiger partial charge in [-0.25, -0.2) is 4.39 Å². The van der Waals surface area contributed by atoms with Crippen molar-refractivity contribution in [1.29, 1.82) is 0 Å². The molecule has 0 aliphatic carbocycles. The summed E-state index contributed by atoms with van der Waals surface area (Å²) in [6, 6.07) is 14.5. The number of ether oxygens (including phenoxy) is 1. The highest BCUT2D eigenvalue weighted by Crippen LogP contribution is 2.18. The van der Waals surface area contributed by atoms with Gasteiger partial charge >= 0.3 is 0 Å². The van der Waals surface area contributed by atoms with Crippen molar-refractivity contribution < 1.29 is 9.13 Å². The highest BCUT2D eigenvalue weighted by molar-refractivity contribution is 6.03. The topological polar surface area (TPSA) is 69.6 Å². The Labute approximate surface area is 156 Å². The Kier molecular flexibility index (Phi) is 5.35. The molecule has 0 fully saturated rings. The molecular formula is C21H20FN3O2. The Balaban J connectivity index is 1.83. The minimum absolute atomic E-state index is 0.228. The summed E-state index contributed by atoms with van der Waals surface area (Å²) in [5.74, 6) is 0.148. The third kappa shape index (κ3) is 4.23. The van der Waals surface area contributed by atoms with Crippen molar-refractivity contribution in [2.24, 2.45) is 4.99 Å². The van der Waals surface area contributed by atoms with Gasteiger partial charge in [0.1, 0.15) is 18.2 Å². The van der Waals surface area contributed by atoms with Crippen molar-refractivity contribution in [2.45, 2.75) is 13.5 Å². The van der Waals surface area contributed by atoms with Crippen LogP contribution in [0.1, 0.15) is 18.1 Å². The van der Waals surface area contributed by atoms with E-state index in [9.17, 15) is 9.18 Å². The predicted molar refractivity (Wildman–Crippen MR) is 105 cm³/mol. The lowest BCUT2D eigenvalue weighted by molar-refractivity contribution is 0.305. The number of hydrogen-bond donors (Lipinski definition) is 1. The van der Waals surface area contributed by atoms with Crippen molar-refractivity contribution in [3.8, 4) is 11.4 Å². The number of nitrogen functional groups attached to an aromatic ring is 1. The molecule has 0 aliphatic heterocycles. The number of nitrogens with two attached hydrogens (primary N) is 1. The van der Waals surface area contributed by atoms with Crippen LogP contribution in [0.15, 0.2) is 70.6 Å². The SMILES string of the molecule is CN=C(C)c1cc(-n2ccc(OCc3ccc(F)cc3)cc2=O)ccc1N. The van der Waals surface area contributed by atoms with Gasteiger partial charge in [0.2, 0.25) is 0 Å². The Morgan fingerprint density at radius 1 is 1.15 bits per heavy atom. The summed E-state index contributed by atoms with van der Waals surface area (Å²) in [4.78, 5) is 16.7. The first-order valence-electron chi connectivity index (χ1n) is 8.41. The number of nitrogens with zero attached hydrogens (tertiary/aromatic N) is 2. The van der Waals surface area contributed by atoms with Gasteiger partial charge < -0.3 is 10.5 Å². The summed E-state index contributed by atoms with van der Waals surface area (Å²) >= 11 is 0. The minimum Gasteiger partial charge on any atom is -0.489 e. The van der Waals surface area contributed by atoms with Gasteiger partial charge in [-0.2, -0.15) is 0 Å². The van der Waals surface area contributed by atoms with E-state index < -0.39 is 0 Å². The lowest BCUT2D eigenvalue weighted by Gasteiger charge is -2.12. The largest absolute Gasteiger partial charge is 0.489 e. The molecule has 0 saturated heterocycles. The van der Waals surface area contributed by atoms with Crippen LogP contribution in [0.5, 0.6) is 5.75 Å². The lowest BCUT2D eigenvalue weighted by atomic mass is 10.1. The number of pyridine rings is 1. The molecule has 6 heteroatoms. The molecule has 0 unspecified atom stereocenters. The number of rotatable bonds is 5. The maximum absolute atomic E-state index is 12.9. The first-order valence-corrected chi connectivity index (χ1v) is 8.41. The van der Waals surface area contributed by atoms with E-state index in [0.29, 0.717) is 17.1 Å². The quantitative estimate of drug-likeness (QED) is 0.555. The second-order valence-corrected chi connectivity index (χ2v) is 6.07. The highest BCUT2D eigenvalue weighted by atomic mass is 19.1. The molecule has 1 heterocycles. The van der Waals surface area contributed by atoms with E-state index in [1.165, 1.54) is 22.8 Å². The first kappa shape index (κ1) is 18.4. The van der Waals surface area contributed by atoms with Crippen LogP contribution < -0.4 is 16.0 Å². The van der Waals surface area contributed by atoms with Gasteiger partial charge in [-0.05, 0) is 48.9 Å². The van der Waals surface area contributed by atoms with E-state index in [2.05, 4.69) is 4.99 Å². The molecule has 2 aromatic carbocycles. The molecule has 0 spiro atoms. The Hall–Kier alpha value is -3.41. The van der Waals surface area contributed by atoms with Gasteiger partial charge in [-0.1, -0.05) is 12.1 Å². The fourth-order valence-corrected chi connectivity index (χ4v) is 2.64. The van der Waals surface area contributed by atoms with E-state index in [-0.39, 0.29) is 18.0 Å². The zero-order chi connectivity index (χ0) is 19.4. The van der Waals surface area contributed by atoms with Crippen LogP contribution in [-0.4, -0.2) is 17.3 Å². The van der Waals surface area contributed by atoms with E-state index in [0.717, 1.165) is 16.8 Å². The third-order valence-electron chi connectivity index (χ3n) is 4.25. The zero-order valence-electron chi connectivity index (χ0n) is 15.1. The first-order chi connectivity index (χ1) is 13.0. The molecule has 3 aromatic rings. The molecule has 0 aliphatic rings. The van der Waals surface area contributed by atoms with Gasteiger partial charge in [-0.15, -0.1) is 0 Å². The van der Waals surface area contributed by atoms with E-state index in [4.69, 9.17) is 10.5 Å². The van der Waals surface area contributed by atoms with Gasteiger partial charge in [0, 0.05) is 42.0 Å². The summed E-state index contributed by atoms with van der Waals surface area (Å²) in [6.07, 6.45) is 1.65. The predicted octanol–water partition coefficient (Wildman–Crippen LogP) is 3.58. The Morgan fingerprint density at radius 3 is 2.56 bits per heavy atom. The average Bonchev–Trinajstić information content (AvgIpc) is 2.67. The molecule has 27 heavy (non-hydrogen) atoms. The van der Waals surface area contributed by atoms with E-state index in [1.807, 2.05) is 13.0 Å². The number of aliphatic imine (C=N–C) groups is 1. The summed E-state index contributed by atoms with van der Waals surface area (Å²) in [5.41, 5.74) is 9.47. The fourth-order valence-electron chi connectivity index (χ4n) is 2.64. The monoisotopic (exact) mass is 365 g/mol. The number of aromatic nitrogens is 1. The van der Waals surface area contributed by atoms with Crippen LogP contribution in [0.3, 0.4) is 0 Å². The smallest absolute Gasteiger partial charge is 0.258 e. The highest BCUT2D eigenvalue weighted by Gasteiger charge is 2.08. The van der Waals surface area contributed by atoms with E-state index in [1.54, 1.807) is 43.6 Å². The number of hydrogen-bond acceptors (Lipinski definition) is 4. The van der Waals surface area contributed by atoms with Gasteiger partial charge in [0.15, 0.2) is 0 Å². The van der Waals surface area contributed by atoms with Crippen molar-refractivity contribution in [3.63, 3.8) is 0 Å². The van der Waals surface area contributed by atoms with Crippen molar-refractivity contribution in [2.75, 3.05) is 12.8 Å². The summed E-state index contributed by atoms with van der Waals surface area (Å²) in [7, 11) is 1.70. The molecule has 0 saturated carbocycles. The molecule has 3 rings (SSSR count). The number of anilines is 1. The molecule has 0 bridgehead atoms. The number of halogens is 1. The van der Waals surface area contributed by atoms with Crippen molar-refractivity contribution in [1.82, 2.24) is 4.57 Å². The van der Waals surface area contributed by atoms with Gasteiger partial charge in [-0.3, -0.25) is 14.4 Å². The number of benzene rings is 2.